The molecule has 222 valence electrons. The second-order valence-electron chi connectivity index (χ2n) is 10.0. The van der Waals surface area contributed by atoms with E-state index in [1.165, 1.54) is 12.1 Å². The molecule has 0 bridgehead atoms. The maximum Gasteiger partial charge on any atom is 0.416 e. The minimum atomic E-state index is -4.49. The Hall–Kier alpha value is -4.53. The first kappa shape index (κ1) is 31.4. The molecule has 43 heavy (non-hydrogen) atoms. The average Bonchev–Trinajstić information content (AvgIpc) is 3.44. The maximum atomic E-state index is 13.7. The first-order valence-corrected chi connectivity index (χ1v) is 14.1. The quantitative estimate of drug-likeness (QED) is 0.179. The lowest BCUT2D eigenvalue weighted by atomic mass is 10.1. The zero-order valence-corrected chi connectivity index (χ0v) is 24.1. The van der Waals surface area contributed by atoms with Gasteiger partial charge in [0.05, 0.1) is 28.6 Å². The van der Waals surface area contributed by atoms with E-state index in [-0.39, 0.29) is 37.0 Å². The number of hydrogen-bond donors (Lipinski definition) is 3. The number of hydrogen-bond acceptors (Lipinski definition) is 5. The third kappa shape index (κ3) is 8.98. The predicted octanol–water partition coefficient (Wildman–Crippen LogP) is 5.69. The van der Waals surface area contributed by atoms with Gasteiger partial charge in [-0.25, -0.2) is 4.98 Å². The van der Waals surface area contributed by atoms with Gasteiger partial charge in [-0.05, 0) is 47.9 Å². The molecule has 0 aliphatic heterocycles. The van der Waals surface area contributed by atoms with Crippen LogP contribution >= 0.6 is 12.2 Å². The molecule has 0 unspecified atom stereocenters. The summed E-state index contributed by atoms with van der Waals surface area (Å²) in [5.41, 5.74) is 8.24. The average molecular weight is 605 g/mol. The molecule has 11 heteroatoms. The second-order valence-corrected chi connectivity index (χ2v) is 10.5. The molecule has 1 heterocycles. The second kappa shape index (κ2) is 14.6. The fraction of sp³-hybridized carbons (Fsp3) is 0.250. The third-order valence-electron chi connectivity index (χ3n) is 6.86. The lowest BCUT2D eigenvalue weighted by Crippen LogP contribution is -2.42. The molecule has 4 aromatic rings. The van der Waals surface area contributed by atoms with Crippen LogP contribution in [-0.2, 0) is 30.4 Å². The summed E-state index contributed by atoms with van der Waals surface area (Å²) >= 11 is 5.71. The van der Waals surface area contributed by atoms with Gasteiger partial charge in [0.1, 0.15) is 5.82 Å². The molecule has 1 aromatic heterocycles. The number of benzene rings is 3. The Morgan fingerprint density at radius 2 is 1.77 bits per heavy atom. The van der Waals surface area contributed by atoms with Crippen LogP contribution in [0.3, 0.4) is 0 Å². The monoisotopic (exact) mass is 604 g/mol. The van der Waals surface area contributed by atoms with Crippen molar-refractivity contribution in [3.8, 4) is 6.07 Å². The van der Waals surface area contributed by atoms with E-state index in [9.17, 15) is 18.0 Å². The van der Waals surface area contributed by atoms with Gasteiger partial charge >= 0.3 is 6.18 Å². The first-order valence-electron chi connectivity index (χ1n) is 13.7. The topological polar surface area (TPSA) is 111 Å². The maximum absolute atomic E-state index is 13.7. The van der Waals surface area contributed by atoms with Crippen molar-refractivity contribution in [1.29, 1.82) is 5.26 Å². The minimum absolute atomic E-state index is 0.0528. The van der Waals surface area contributed by atoms with E-state index in [0.717, 1.165) is 11.6 Å². The van der Waals surface area contributed by atoms with E-state index in [1.54, 1.807) is 53.6 Å². The normalized spacial score (nSPS) is 11.9. The molecular weight excluding hydrogens is 573 g/mol. The summed E-state index contributed by atoms with van der Waals surface area (Å²) in [5, 5.41) is 11.9. The Balaban J connectivity index is 1.35. The highest BCUT2D eigenvalue weighted by molar-refractivity contribution is 7.80. The number of H-pyrrole nitrogens is 1. The number of aromatic nitrogens is 2. The number of nitrogens with two attached hydrogens (primary N) is 1. The molecule has 0 saturated carbocycles. The number of thiocarbonyl (C=S) groups is 1. The predicted molar refractivity (Wildman–Crippen MR) is 163 cm³/mol. The van der Waals surface area contributed by atoms with E-state index in [4.69, 9.17) is 23.2 Å². The van der Waals surface area contributed by atoms with Crippen LogP contribution < -0.4 is 16.0 Å². The van der Waals surface area contributed by atoms with Crippen LogP contribution in [0.5, 0.6) is 0 Å². The highest BCUT2D eigenvalue weighted by Crippen LogP contribution is 2.33. The van der Waals surface area contributed by atoms with Crippen molar-refractivity contribution in [3.05, 3.63) is 119 Å². The number of rotatable bonds is 12. The highest BCUT2D eigenvalue weighted by Gasteiger charge is 2.33. The van der Waals surface area contributed by atoms with Gasteiger partial charge in [-0.1, -0.05) is 60.7 Å². The lowest BCUT2D eigenvalue weighted by molar-refractivity contribution is -0.138. The third-order valence-corrected chi connectivity index (χ3v) is 7.29. The Kier molecular flexibility index (Phi) is 10.6. The molecule has 0 saturated heterocycles. The van der Waals surface area contributed by atoms with Crippen molar-refractivity contribution < 1.29 is 18.0 Å². The van der Waals surface area contributed by atoms with Crippen molar-refractivity contribution in [2.45, 2.75) is 44.4 Å². The summed E-state index contributed by atoms with van der Waals surface area (Å²) in [6.45, 7) is 0.117. The number of anilines is 1. The van der Waals surface area contributed by atoms with Crippen LogP contribution in [0.2, 0.25) is 0 Å². The number of alkyl halides is 3. The van der Waals surface area contributed by atoms with Gasteiger partial charge in [0.2, 0.25) is 5.91 Å². The van der Waals surface area contributed by atoms with Crippen molar-refractivity contribution >= 4 is 28.8 Å². The number of nitrogens with one attached hydrogen (secondary N) is 2. The van der Waals surface area contributed by atoms with Crippen molar-refractivity contribution in [2.75, 3.05) is 11.4 Å². The lowest BCUT2D eigenvalue weighted by Gasteiger charge is -2.28. The zero-order valence-electron chi connectivity index (χ0n) is 23.3. The largest absolute Gasteiger partial charge is 0.416 e. The number of nitriles is 1. The smallest absolute Gasteiger partial charge is 0.352 e. The highest BCUT2D eigenvalue weighted by atomic mass is 32.1. The van der Waals surface area contributed by atoms with Crippen molar-refractivity contribution in [2.24, 2.45) is 5.73 Å². The summed E-state index contributed by atoms with van der Waals surface area (Å²) in [6.07, 6.45) is -1.53. The van der Waals surface area contributed by atoms with Gasteiger partial charge in [-0.2, -0.15) is 18.4 Å². The minimum Gasteiger partial charge on any atom is -0.352 e. The summed E-state index contributed by atoms with van der Waals surface area (Å²) in [5.74, 6) is 0.454. The number of halogens is 3. The summed E-state index contributed by atoms with van der Waals surface area (Å²) in [4.78, 5) is 22.4. The molecule has 4 N–H and O–H groups in total. The van der Waals surface area contributed by atoms with Gasteiger partial charge in [0.15, 0.2) is 0 Å². The molecule has 1 amide bonds. The van der Waals surface area contributed by atoms with Gasteiger partial charge < -0.3 is 20.9 Å². The Morgan fingerprint density at radius 3 is 2.44 bits per heavy atom. The molecule has 1 atom stereocenters. The van der Waals surface area contributed by atoms with Gasteiger partial charge in [0.25, 0.3) is 0 Å². The molecule has 3 aromatic carbocycles. The van der Waals surface area contributed by atoms with Crippen LogP contribution in [0.4, 0.5) is 18.9 Å². The van der Waals surface area contributed by atoms with Crippen LogP contribution in [0, 0.1) is 11.3 Å². The summed E-state index contributed by atoms with van der Waals surface area (Å²) in [7, 11) is 0. The zero-order chi connectivity index (χ0) is 30.8. The van der Waals surface area contributed by atoms with Crippen molar-refractivity contribution in [1.82, 2.24) is 15.3 Å². The SMILES string of the molecule is N#Cc1ccc(Cc2ncc(CC(=O)N[C@H](CN)CCC(=S)N(Cc3ccccc3C(F)(F)F)c3ccccc3)[nH]2)cc1. The van der Waals surface area contributed by atoms with Gasteiger partial charge in [-0.3, -0.25) is 4.79 Å². The van der Waals surface area contributed by atoms with Crippen LogP contribution in [-0.4, -0.2) is 33.5 Å². The number of aromatic amines is 1. The number of amides is 1. The molecule has 0 radical (unpaired) electrons. The number of carbonyl (C=O) groups is 1. The number of para-hydroxylation sites is 1. The molecule has 0 fully saturated rings. The van der Waals surface area contributed by atoms with Gasteiger partial charge in [-0.15, -0.1) is 0 Å². The molecule has 0 aliphatic rings. The number of nitrogens with zero attached hydrogens (tertiary/aromatic N) is 3. The van der Waals surface area contributed by atoms with Crippen molar-refractivity contribution in [3.63, 3.8) is 0 Å². The van der Waals surface area contributed by atoms with E-state index < -0.39 is 11.7 Å². The van der Waals surface area contributed by atoms with E-state index in [0.29, 0.717) is 47.0 Å². The van der Waals surface area contributed by atoms with Crippen LogP contribution in [0.15, 0.2) is 85.1 Å². The molecule has 4 rings (SSSR count). The Labute approximate surface area is 253 Å². The van der Waals surface area contributed by atoms with Crippen LogP contribution in [0.25, 0.3) is 0 Å². The van der Waals surface area contributed by atoms with Crippen LogP contribution in [0.1, 0.15) is 46.6 Å². The summed E-state index contributed by atoms with van der Waals surface area (Å²) < 4.78 is 41.1. The van der Waals surface area contributed by atoms with Gasteiger partial charge in [0, 0.05) is 49.6 Å². The molecular formula is C32H31F3N6OS. The van der Waals surface area contributed by atoms with E-state index in [1.807, 2.05) is 18.2 Å². The number of carbonyl (C=O) groups excluding carboxylic acids is 1. The molecule has 7 nitrogen and oxygen atoms in total. The standard InChI is InChI=1S/C32H31F3N6OS/c33-32(34,35)28-9-5-4-6-24(28)21-41(27-7-2-1-3-8-27)31(43)15-14-25(19-37)40-30(42)17-26-20-38-29(39-26)16-22-10-12-23(18-36)13-11-22/h1-13,20,25H,14-17,19,21,37H2,(H,38,39)(H,40,42)/t25-/m0/s1. The summed E-state index contributed by atoms with van der Waals surface area (Å²) in [6, 6.07) is 23.4. The Bertz CT molecular complexity index is 1560. The van der Waals surface area contributed by atoms with E-state index >= 15 is 0 Å². The Morgan fingerprint density at radius 1 is 1.07 bits per heavy atom. The fourth-order valence-electron chi connectivity index (χ4n) is 4.65. The molecule has 0 aliphatic carbocycles. The fourth-order valence-corrected chi connectivity index (χ4v) is 4.93. The first-order chi connectivity index (χ1) is 20.7. The molecule has 0 spiro atoms. The van der Waals surface area contributed by atoms with E-state index in [2.05, 4.69) is 21.4 Å². The number of imidazole rings is 1.